The molecule has 4 aliphatic rings. The summed E-state index contributed by atoms with van der Waals surface area (Å²) in [5.74, 6) is 1.52. The number of nitrogens with zero attached hydrogens (tertiary/aromatic N) is 2. The first-order valence-corrected chi connectivity index (χ1v) is 9.61. The lowest BCUT2D eigenvalue weighted by atomic mass is 9.46. The number of pyridine rings is 1. The normalized spacial score (nSPS) is 35.0. The smallest absolute Gasteiger partial charge is 0.315 e. The largest absolute Gasteiger partial charge is 0.377 e. The van der Waals surface area contributed by atoms with Gasteiger partial charge in [0.25, 0.3) is 0 Å². The highest BCUT2D eigenvalue weighted by molar-refractivity contribution is 5.75. The molecule has 134 valence electrons. The second-order valence-corrected chi connectivity index (χ2v) is 8.05. The molecule has 6 nitrogen and oxygen atoms in total. The molecule has 0 bridgehead atoms. The maximum absolute atomic E-state index is 12.6. The highest BCUT2D eigenvalue weighted by atomic mass is 16.5. The minimum atomic E-state index is -0.00510. The van der Waals surface area contributed by atoms with Gasteiger partial charge in [0.2, 0.25) is 0 Å². The number of amides is 2. The van der Waals surface area contributed by atoms with Crippen molar-refractivity contribution >= 4 is 11.8 Å². The third kappa shape index (κ3) is 2.41. The van der Waals surface area contributed by atoms with Crippen LogP contribution in [0.3, 0.4) is 0 Å². The van der Waals surface area contributed by atoms with E-state index in [0.29, 0.717) is 18.1 Å². The zero-order valence-corrected chi connectivity index (χ0v) is 14.5. The van der Waals surface area contributed by atoms with Gasteiger partial charge in [0, 0.05) is 49.3 Å². The number of ether oxygens (including phenoxy) is 1. The zero-order valence-electron chi connectivity index (χ0n) is 14.5. The van der Waals surface area contributed by atoms with E-state index in [-0.39, 0.29) is 17.5 Å². The van der Waals surface area contributed by atoms with Crippen LogP contribution in [0.2, 0.25) is 0 Å². The van der Waals surface area contributed by atoms with Gasteiger partial charge in [-0.3, -0.25) is 0 Å². The number of carbonyl (C=O) groups is 1. The molecule has 2 amide bonds. The summed E-state index contributed by atoms with van der Waals surface area (Å²) >= 11 is 0. The Morgan fingerprint density at radius 1 is 1.28 bits per heavy atom. The summed E-state index contributed by atoms with van der Waals surface area (Å²) in [5.41, 5.74) is 0.244. The monoisotopic (exact) mass is 342 g/mol. The molecular formula is C19H26N4O2. The lowest BCUT2D eigenvalue weighted by Crippen LogP contribution is -2.72. The van der Waals surface area contributed by atoms with Crippen LogP contribution in [0.5, 0.6) is 0 Å². The second-order valence-electron chi connectivity index (χ2n) is 8.05. The molecule has 1 aromatic rings. The van der Waals surface area contributed by atoms with Crippen LogP contribution in [-0.4, -0.2) is 48.9 Å². The highest BCUT2D eigenvalue weighted by Gasteiger charge is 2.67. The van der Waals surface area contributed by atoms with Gasteiger partial charge in [-0.15, -0.1) is 0 Å². The van der Waals surface area contributed by atoms with E-state index in [0.717, 1.165) is 38.4 Å². The van der Waals surface area contributed by atoms with Gasteiger partial charge in [0.1, 0.15) is 5.82 Å². The molecule has 0 unspecified atom stereocenters. The lowest BCUT2D eigenvalue weighted by Gasteiger charge is -2.63. The van der Waals surface area contributed by atoms with Gasteiger partial charge < -0.3 is 20.3 Å². The molecule has 4 atom stereocenters. The molecule has 2 saturated carbocycles. The molecule has 25 heavy (non-hydrogen) atoms. The molecule has 5 rings (SSSR count). The number of rotatable bonds is 3. The predicted molar refractivity (Wildman–Crippen MR) is 94.4 cm³/mol. The first-order chi connectivity index (χ1) is 12.3. The minimum Gasteiger partial charge on any atom is -0.377 e. The Kier molecular flexibility index (Phi) is 3.62. The van der Waals surface area contributed by atoms with E-state index in [1.807, 2.05) is 24.4 Å². The number of urea groups is 1. The molecule has 0 radical (unpaired) electrons. The maximum Gasteiger partial charge on any atom is 0.315 e. The van der Waals surface area contributed by atoms with Crippen molar-refractivity contribution in [1.82, 2.24) is 15.6 Å². The summed E-state index contributed by atoms with van der Waals surface area (Å²) in [6.07, 6.45) is 7.96. The predicted octanol–water partition coefficient (Wildman–Crippen LogP) is 1.92. The Hall–Kier alpha value is -1.82. The standard InChI is InChI=1S/C19H26N4O2/c24-18(21-13-5-10-23(12-13)15-4-1-2-9-20-15)22-16-14-6-11-25-17(14)19(16)7-3-8-19/h1-2,4,9,13-14,16-17H,3,5-8,10-12H2,(H2,21,22,24)/t13-,14+,16-,17+/m1/s1. The molecule has 2 N–H and O–H groups in total. The first-order valence-electron chi connectivity index (χ1n) is 9.61. The van der Waals surface area contributed by atoms with E-state index in [2.05, 4.69) is 20.5 Å². The fraction of sp³-hybridized carbons (Fsp3) is 0.684. The van der Waals surface area contributed by atoms with E-state index in [1.54, 1.807) is 0 Å². The van der Waals surface area contributed by atoms with Crippen molar-refractivity contribution in [2.75, 3.05) is 24.6 Å². The van der Waals surface area contributed by atoms with Gasteiger partial charge >= 0.3 is 6.03 Å². The first kappa shape index (κ1) is 15.4. The van der Waals surface area contributed by atoms with Crippen molar-refractivity contribution in [3.05, 3.63) is 24.4 Å². The average molecular weight is 342 g/mol. The van der Waals surface area contributed by atoms with E-state index in [4.69, 9.17) is 4.74 Å². The third-order valence-electron chi connectivity index (χ3n) is 6.82. The van der Waals surface area contributed by atoms with Crippen molar-refractivity contribution < 1.29 is 9.53 Å². The van der Waals surface area contributed by atoms with Crippen LogP contribution in [0.15, 0.2) is 24.4 Å². The van der Waals surface area contributed by atoms with E-state index < -0.39 is 0 Å². The van der Waals surface area contributed by atoms with Crippen molar-refractivity contribution in [3.8, 4) is 0 Å². The summed E-state index contributed by atoms with van der Waals surface area (Å²) in [5, 5.41) is 6.48. The Bertz CT molecular complexity index is 648. The van der Waals surface area contributed by atoms with Crippen LogP contribution < -0.4 is 15.5 Å². The molecular weight excluding hydrogens is 316 g/mol. The fourth-order valence-electron chi connectivity index (χ4n) is 5.45. The number of anilines is 1. The highest BCUT2D eigenvalue weighted by Crippen LogP contribution is 2.62. The van der Waals surface area contributed by atoms with E-state index >= 15 is 0 Å². The number of nitrogens with one attached hydrogen (secondary N) is 2. The fourth-order valence-corrected chi connectivity index (χ4v) is 5.45. The summed E-state index contributed by atoms with van der Waals surface area (Å²) in [6, 6.07) is 6.45. The molecule has 3 heterocycles. The van der Waals surface area contributed by atoms with Crippen LogP contribution in [0.25, 0.3) is 0 Å². The van der Waals surface area contributed by atoms with Crippen molar-refractivity contribution in [1.29, 1.82) is 0 Å². The third-order valence-corrected chi connectivity index (χ3v) is 6.82. The number of hydrogen-bond acceptors (Lipinski definition) is 4. The van der Waals surface area contributed by atoms with Crippen LogP contribution in [0.1, 0.15) is 32.1 Å². The molecule has 6 heteroatoms. The molecule has 2 saturated heterocycles. The van der Waals surface area contributed by atoms with Crippen molar-refractivity contribution in [2.45, 2.75) is 50.3 Å². The Morgan fingerprint density at radius 3 is 2.96 bits per heavy atom. The maximum atomic E-state index is 12.6. The van der Waals surface area contributed by atoms with Gasteiger partial charge in [0.15, 0.2) is 0 Å². The van der Waals surface area contributed by atoms with Crippen LogP contribution in [-0.2, 0) is 4.74 Å². The average Bonchev–Trinajstić information content (AvgIpc) is 3.20. The van der Waals surface area contributed by atoms with Crippen LogP contribution in [0, 0.1) is 11.3 Å². The lowest BCUT2D eigenvalue weighted by molar-refractivity contribution is -0.172. The van der Waals surface area contributed by atoms with Crippen LogP contribution >= 0.6 is 0 Å². The quantitative estimate of drug-likeness (QED) is 0.881. The summed E-state index contributed by atoms with van der Waals surface area (Å²) in [7, 11) is 0. The molecule has 2 aliphatic carbocycles. The topological polar surface area (TPSA) is 66.5 Å². The van der Waals surface area contributed by atoms with Crippen molar-refractivity contribution in [2.24, 2.45) is 11.3 Å². The Labute approximate surface area is 148 Å². The van der Waals surface area contributed by atoms with Gasteiger partial charge in [-0.1, -0.05) is 12.5 Å². The Morgan fingerprint density at radius 2 is 2.20 bits per heavy atom. The minimum absolute atomic E-state index is 0.00510. The number of carbonyl (C=O) groups excluding carboxylic acids is 1. The molecule has 4 fully saturated rings. The van der Waals surface area contributed by atoms with Gasteiger partial charge in [-0.25, -0.2) is 9.78 Å². The number of hydrogen-bond donors (Lipinski definition) is 2. The van der Waals surface area contributed by atoms with Gasteiger partial charge in [0.05, 0.1) is 6.10 Å². The van der Waals surface area contributed by atoms with Gasteiger partial charge in [-0.05, 0) is 37.8 Å². The Balaban J connectivity index is 1.17. The molecule has 1 aromatic heterocycles. The second kappa shape index (κ2) is 5.87. The van der Waals surface area contributed by atoms with Gasteiger partial charge in [-0.2, -0.15) is 0 Å². The molecule has 0 aromatic carbocycles. The van der Waals surface area contributed by atoms with Crippen molar-refractivity contribution in [3.63, 3.8) is 0 Å². The summed E-state index contributed by atoms with van der Waals surface area (Å²) < 4.78 is 5.93. The van der Waals surface area contributed by atoms with E-state index in [1.165, 1.54) is 19.3 Å². The summed E-state index contributed by atoms with van der Waals surface area (Å²) in [4.78, 5) is 19.2. The number of fused-ring (bicyclic) bond motifs is 2. The van der Waals surface area contributed by atoms with E-state index in [9.17, 15) is 4.79 Å². The molecule has 2 aliphatic heterocycles. The SMILES string of the molecule is O=C(N[C@@H]1CCN(c2ccccn2)C1)N[C@@H]1[C@@H]2CCO[C@@H]2C12CCC2. The zero-order chi connectivity index (χ0) is 16.9. The molecule has 1 spiro atoms. The number of aromatic nitrogens is 1. The summed E-state index contributed by atoms with van der Waals surface area (Å²) in [6.45, 7) is 2.63. The van der Waals surface area contributed by atoms with Crippen LogP contribution in [0.4, 0.5) is 10.6 Å².